The van der Waals surface area contributed by atoms with Crippen molar-refractivity contribution >= 4 is 11.6 Å². The zero-order chi connectivity index (χ0) is 32.6. The summed E-state index contributed by atoms with van der Waals surface area (Å²) in [7, 11) is 0. The summed E-state index contributed by atoms with van der Waals surface area (Å²) in [5.74, 6) is -1.89. The Balaban J connectivity index is 4.27. The first-order valence-corrected chi connectivity index (χ1v) is 18.2. The normalized spacial score (nSPS) is 14.4. The third-order valence-electron chi connectivity index (χ3n) is 8.34. The molecule has 0 aromatic heterocycles. The number of aliphatic hydroxyl groups is 3. The van der Waals surface area contributed by atoms with Crippen molar-refractivity contribution in [2.24, 2.45) is 0 Å². The number of aliphatic hydroxyl groups excluding tert-OH is 2. The minimum Gasteiger partial charge on any atom is -0.394 e. The number of hydrogen-bond acceptors (Lipinski definition) is 5. The van der Waals surface area contributed by atoms with Crippen LogP contribution >= 0.6 is 0 Å². The molecule has 0 amide bonds. The summed E-state index contributed by atoms with van der Waals surface area (Å²) >= 11 is 0. The molecule has 3 N–H and O–H groups in total. The fourth-order valence-electron chi connectivity index (χ4n) is 5.32. The van der Waals surface area contributed by atoms with Gasteiger partial charge in [-0.05, 0) is 37.8 Å². The summed E-state index contributed by atoms with van der Waals surface area (Å²) in [6.07, 6.45) is 40.8. The average Bonchev–Trinajstić information content (AvgIpc) is 3.03. The van der Waals surface area contributed by atoms with Crippen molar-refractivity contribution in [2.75, 3.05) is 6.61 Å². The van der Waals surface area contributed by atoms with Crippen LogP contribution in [0.4, 0.5) is 0 Å². The Morgan fingerprint density at radius 2 is 0.818 bits per heavy atom. The summed E-state index contributed by atoms with van der Waals surface area (Å²) in [4.78, 5) is 25.4. The van der Waals surface area contributed by atoms with Crippen molar-refractivity contribution in [2.45, 2.75) is 180 Å². The molecule has 0 saturated carbocycles. The maximum Gasteiger partial charge on any atom is 0.217 e. The van der Waals surface area contributed by atoms with Crippen molar-refractivity contribution < 1.29 is 24.9 Å². The van der Waals surface area contributed by atoms with Crippen LogP contribution in [-0.2, 0) is 9.59 Å². The molecule has 0 unspecified atom stereocenters. The van der Waals surface area contributed by atoms with Gasteiger partial charge in [-0.1, -0.05) is 179 Å². The van der Waals surface area contributed by atoms with Crippen LogP contribution in [0.1, 0.15) is 168 Å². The molecule has 0 aromatic rings. The Bertz CT molecular complexity index is 736. The van der Waals surface area contributed by atoms with Crippen LogP contribution in [0.5, 0.6) is 0 Å². The predicted molar refractivity (Wildman–Crippen MR) is 187 cm³/mol. The zero-order valence-electron chi connectivity index (χ0n) is 28.5. The maximum atomic E-state index is 12.7. The lowest BCUT2D eigenvalue weighted by molar-refractivity contribution is -0.159. The number of ketones is 2. The second-order valence-corrected chi connectivity index (χ2v) is 12.4. The summed E-state index contributed by atoms with van der Waals surface area (Å²) in [6.45, 7) is 3.59. The highest BCUT2D eigenvalue weighted by atomic mass is 16.4. The Morgan fingerprint density at radius 3 is 1.11 bits per heavy atom. The van der Waals surface area contributed by atoms with Crippen molar-refractivity contribution in [3.63, 3.8) is 0 Å². The number of unbranched alkanes of at least 4 members (excludes halogenated alkanes) is 22. The third kappa shape index (κ3) is 22.7. The standard InChI is InChI=1S/C39H68O5/c1-3-5-7-9-11-13-15-17-19-21-23-25-27-29-31-33-36(41)39(44,38(43)35-40)37(42)34-32-30-28-26-24-22-20-18-16-14-12-10-8-6-4-2/h27-34,38,40,43-44H,3-26,35H2,1-2H3/t38-,39?/m0/s1. The van der Waals surface area contributed by atoms with E-state index in [0.717, 1.165) is 37.8 Å². The molecular weight excluding hydrogens is 548 g/mol. The molecule has 0 spiro atoms. The number of allylic oxidation sites excluding steroid dienone is 6. The van der Waals surface area contributed by atoms with Crippen LogP contribution in [0.25, 0.3) is 0 Å². The number of carbonyl (C=O) groups is 2. The highest BCUT2D eigenvalue weighted by Crippen LogP contribution is 2.17. The van der Waals surface area contributed by atoms with Crippen LogP contribution in [-0.4, -0.2) is 45.2 Å². The molecule has 0 rings (SSSR count). The molecule has 254 valence electrons. The van der Waals surface area contributed by atoms with E-state index in [-0.39, 0.29) is 0 Å². The molecule has 0 bridgehead atoms. The van der Waals surface area contributed by atoms with E-state index in [9.17, 15) is 24.9 Å². The molecule has 44 heavy (non-hydrogen) atoms. The van der Waals surface area contributed by atoms with Crippen LogP contribution in [0.15, 0.2) is 48.6 Å². The van der Waals surface area contributed by atoms with Crippen molar-refractivity contribution in [3.8, 4) is 0 Å². The van der Waals surface area contributed by atoms with Crippen LogP contribution in [0.3, 0.4) is 0 Å². The molecule has 5 heteroatoms. The van der Waals surface area contributed by atoms with Crippen LogP contribution < -0.4 is 0 Å². The van der Waals surface area contributed by atoms with Gasteiger partial charge in [-0.2, -0.15) is 0 Å². The maximum absolute atomic E-state index is 12.7. The largest absolute Gasteiger partial charge is 0.394 e. The van der Waals surface area contributed by atoms with Gasteiger partial charge in [0.05, 0.1) is 6.61 Å². The Morgan fingerprint density at radius 1 is 0.523 bits per heavy atom. The monoisotopic (exact) mass is 617 g/mol. The minimum absolute atomic E-state index is 0.895. The zero-order valence-corrected chi connectivity index (χ0v) is 28.5. The first kappa shape index (κ1) is 42.2. The summed E-state index contributed by atoms with van der Waals surface area (Å²) in [6, 6.07) is 0. The van der Waals surface area contributed by atoms with E-state index in [1.807, 2.05) is 12.2 Å². The van der Waals surface area contributed by atoms with Gasteiger partial charge in [0, 0.05) is 0 Å². The van der Waals surface area contributed by atoms with Gasteiger partial charge >= 0.3 is 0 Å². The van der Waals surface area contributed by atoms with Gasteiger partial charge in [0.25, 0.3) is 0 Å². The molecule has 0 aliphatic rings. The van der Waals surface area contributed by atoms with E-state index in [2.05, 4.69) is 13.8 Å². The molecule has 0 aliphatic heterocycles. The van der Waals surface area contributed by atoms with Gasteiger partial charge < -0.3 is 15.3 Å². The van der Waals surface area contributed by atoms with E-state index < -0.39 is 29.9 Å². The topological polar surface area (TPSA) is 94.8 Å². The molecule has 0 aliphatic carbocycles. The summed E-state index contributed by atoms with van der Waals surface area (Å²) < 4.78 is 0. The summed E-state index contributed by atoms with van der Waals surface area (Å²) in [5, 5.41) is 30.3. The Hall–Kier alpha value is -1.82. The van der Waals surface area contributed by atoms with Crippen molar-refractivity contribution in [1.82, 2.24) is 0 Å². The van der Waals surface area contributed by atoms with Gasteiger partial charge in [0.2, 0.25) is 5.60 Å². The Labute approximate surface area is 271 Å². The van der Waals surface area contributed by atoms with E-state index in [1.54, 1.807) is 12.2 Å². The molecule has 0 aromatic carbocycles. The van der Waals surface area contributed by atoms with Gasteiger partial charge in [0.1, 0.15) is 6.10 Å². The number of carbonyl (C=O) groups excluding carboxylic acids is 2. The van der Waals surface area contributed by atoms with Crippen LogP contribution in [0, 0.1) is 0 Å². The highest BCUT2D eigenvalue weighted by Gasteiger charge is 2.47. The fraction of sp³-hybridized carbons (Fsp3) is 0.744. The predicted octanol–water partition coefficient (Wildman–Crippen LogP) is 9.84. The molecular formula is C39H68O5. The lowest BCUT2D eigenvalue weighted by Gasteiger charge is -2.26. The second-order valence-electron chi connectivity index (χ2n) is 12.4. The molecule has 0 heterocycles. The number of rotatable bonds is 32. The van der Waals surface area contributed by atoms with Gasteiger partial charge in [-0.25, -0.2) is 0 Å². The first-order chi connectivity index (χ1) is 21.4. The SMILES string of the molecule is CCCCCCCCCCCCCC=CC=CC(=O)C(O)(C(=O)C=CC=CCCCCCCCCCCCCC)[C@@H](O)CO. The van der Waals surface area contributed by atoms with Gasteiger partial charge in [0.15, 0.2) is 11.6 Å². The average molecular weight is 617 g/mol. The Kier molecular flexibility index (Phi) is 29.9. The molecule has 1 atom stereocenters. The van der Waals surface area contributed by atoms with E-state index in [4.69, 9.17) is 0 Å². The minimum atomic E-state index is -2.71. The molecule has 0 radical (unpaired) electrons. The second kappa shape index (κ2) is 31.2. The third-order valence-corrected chi connectivity index (χ3v) is 8.34. The first-order valence-electron chi connectivity index (χ1n) is 18.2. The van der Waals surface area contributed by atoms with E-state index in [0.29, 0.717) is 0 Å². The molecule has 5 nitrogen and oxygen atoms in total. The smallest absolute Gasteiger partial charge is 0.217 e. The quantitative estimate of drug-likeness (QED) is 0.0303. The lowest BCUT2D eigenvalue weighted by Crippen LogP contribution is -2.56. The lowest BCUT2D eigenvalue weighted by atomic mass is 9.86. The molecule has 0 saturated heterocycles. The molecule has 0 fully saturated rings. The van der Waals surface area contributed by atoms with Crippen LogP contribution in [0.2, 0.25) is 0 Å². The number of hydrogen-bond donors (Lipinski definition) is 3. The van der Waals surface area contributed by atoms with Crippen molar-refractivity contribution in [3.05, 3.63) is 48.6 Å². The van der Waals surface area contributed by atoms with E-state index >= 15 is 0 Å². The van der Waals surface area contributed by atoms with Gasteiger partial charge in [-0.3, -0.25) is 9.59 Å². The van der Waals surface area contributed by atoms with E-state index in [1.165, 1.54) is 141 Å². The summed E-state index contributed by atoms with van der Waals surface area (Å²) in [5.41, 5.74) is -2.71. The van der Waals surface area contributed by atoms with Crippen molar-refractivity contribution in [1.29, 1.82) is 0 Å². The highest BCUT2D eigenvalue weighted by molar-refractivity contribution is 6.19. The fourth-order valence-corrected chi connectivity index (χ4v) is 5.32. The van der Waals surface area contributed by atoms with Gasteiger partial charge in [-0.15, -0.1) is 0 Å².